The number of nitrogens with zero attached hydrogens (tertiary/aromatic N) is 3. The molecule has 0 saturated carbocycles. The zero-order chi connectivity index (χ0) is 30.3. The molecule has 0 spiro atoms. The predicted molar refractivity (Wildman–Crippen MR) is 168 cm³/mol. The van der Waals surface area contributed by atoms with E-state index in [2.05, 4.69) is 5.32 Å². The normalized spacial score (nSPS) is 11.1. The standard InChI is InChI=1S/C33H25ClN4O4S/c1-3-42-33(40)29-28(21-9-13-25(34)14-10-21)20-43-32(29)36-31(39)23(18-35)17-24-19-38(26-7-5-4-6-8-26)37-30(24)22-11-15-27(41-2)16-12-22/h4-17,19-20H,3H2,1-2H3,(H,36,39)/b23-17+. The number of nitriles is 1. The van der Waals surface area contributed by atoms with Crippen molar-refractivity contribution in [3.63, 3.8) is 0 Å². The number of hydrogen-bond acceptors (Lipinski definition) is 7. The molecular weight excluding hydrogens is 584 g/mol. The molecule has 8 nitrogen and oxygen atoms in total. The SMILES string of the molecule is CCOC(=O)c1c(-c2ccc(Cl)cc2)csc1NC(=O)/C(C#N)=C/c1cn(-c2ccccc2)nc1-c1ccc(OC)cc1. The molecule has 1 amide bonds. The van der Waals surface area contributed by atoms with Gasteiger partial charge in [-0.1, -0.05) is 41.9 Å². The Bertz CT molecular complexity index is 1840. The van der Waals surface area contributed by atoms with Crippen LogP contribution in [0, 0.1) is 11.3 Å². The van der Waals surface area contributed by atoms with E-state index in [0.29, 0.717) is 27.6 Å². The predicted octanol–water partition coefficient (Wildman–Crippen LogP) is 7.65. The van der Waals surface area contributed by atoms with Crippen molar-refractivity contribution in [1.82, 2.24) is 9.78 Å². The molecule has 0 fully saturated rings. The van der Waals surface area contributed by atoms with Gasteiger partial charge in [-0.2, -0.15) is 10.4 Å². The van der Waals surface area contributed by atoms with Crippen LogP contribution in [0.1, 0.15) is 22.8 Å². The number of nitrogens with one attached hydrogen (secondary N) is 1. The lowest BCUT2D eigenvalue weighted by Crippen LogP contribution is -2.16. The molecule has 0 radical (unpaired) electrons. The highest BCUT2D eigenvalue weighted by Crippen LogP contribution is 2.37. The maximum Gasteiger partial charge on any atom is 0.341 e. The maximum absolute atomic E-state index is 13.5. The van der Waals surface area contributed by atoms with Gasteiger partial charge >= 0.3 is 5.97 Å². The number of hydrogen-bond donors (Lipinski definition) is 1. The molecule has 0 aliphatic heterocycles. The van der Waals surface area contributed by atoms with Gasteiger partial charge in [0, 0.05) is 33.3 Å². The highest BCUT2D eigenvalue weighted by atomic mass is 35.5. The minimum atomic E-state index is -0.675. The first-order valence-corrected chi connectivity index (χ1v) is 14.4. The summed E-state index contributed by atoms with van der Waals surface area (Å²) in [5.41, 5.74) is 4.07. The molecule has 0 aliphatic rings. The fourth-order valence-corrected chi connectivity index (χ4v) is 5.43. The van der Waals surface area contributed by atoms with Crippen LogP contribution in [-0.4, -0.2) is 35.4 Å². The number of rotatable bonds is 9. The quantitative estimate of drug-likeness (QED) is 0.105. The van der Waals surface area contributed by atoms with E-state index in [4.69, 9.17) is 26.2 Å². The van der Waals surface area contributed by atoms with Crippen molar-refractivity contribution < 1.29 is 19.1 Å². The summed E-state index contributed by atoms with van der Waals surface area (Å²) in [7, 11) is 1.59. The molecule has 0 unspecified atom stereocenters. The number of ether oxygens (including phenoxy) is 2. The van der Waals surface area contributed by atoms with Crippen LogP contribution in [-0.2, 0) is 9.53 Å². The van der Waals surface area contributed by atoms with E-state index in [1.165, 1.54) is 17.4 Å². The molecule has 3 aromatic carbocycles. The number of carbonyl (C=O) groups is 2. The summed E-state index contributed by atoms with van der Waals surface area (Å²) < 4.78 is 12.3. The van der Waals surface area contributed by atoms with Gasteiger partial charge in [-0.25, -0.2) is 9.48 Å². The first kappa shape index (κ1) is 29.3. The Balaban J connectivity index is 1.53. The minimum Gasteiger partial charge on any atom is -0.497 e. The molecule has 43 heavy (non-hydrogen) atoms. The van der Waals surface area contributed by atoms with Gasteiger partial charge in [0.15, 0.2) is 0 Å². The number of aromatic nitrogens is 2. The van der Waals surface area contributed by atoms with Gasteiger partial charge in [-0.15, -0.1) is 11.3 Å². The number of methoxy groups -OCH3 is 1. The second-order valence-corrected chi connectivity index (χ2v) is 10.5. The summed E-state index contributed by atoms with van der Waals surface area (Å²) in [5.74, 6) is -0.574. The largest absolute Gasteiger partial charge is 0.497 e. The summed E-state index contributed by atoms with van der Waals surface area (Å²) in [4.78, 5) is 26.5. The third-order valence-electron chi connectivity index (χ3n) is 6.44. The summed E-state index contributed by atoms with van der Waals surface area (Å²) in [6, 6.07) is 25.8. The van der Waals surface area contributed by atoms with E-state index < -0.39 is 11.9 Å². The molecular formula is C33H25ClN4O4S. The Morgan fingerprint density at radius 2 is 1.74 bits per heavy atom. The molecule has 0 atom stereocenters. The van der Waals surface area contributed by atoms with Crippen LogP contribution in [0.3, 0.4) is 0 Å². The van der Waals surface area contributed by atoms with Gasteiger partial charge in [-0.05, 0) is 67.1 Å². The minimum absolute atomic E-state index is 0.158. The number of anilines is 1. The smallest absolute Gasteiger partial charge is 0.341 e. The first-order valence-electron chi connectivity index (χ1n) is 13.2. The fourth-order valence-electron chi connectivity index (χ4n) is 4.35. The summed E-state index contributed by atoms with van der Waals surface area (Å²) >= 11 is 7.21. The zero-order valence-corrected chi connectivity index (χ0v) is 24.8. The van der Waals surface area contributed by atoms with Crippen molar-refractivity contribution in [2.45, 2.75) is 6.92 Å². The van der Waals surface area contributed by atoms with Crippen molar-refractivity contribution in [1.29, 1.82) is 5.26 Å². The van der Waals surface area contributed by atoms with E-state index in [9.17, 15) is 14.9 Å². The van der Waals surface area contributed by atoms with E-state index >= 15 is 0 Å². The summed E-state index contributed by atoms with van der Waals surface area (Å²) in [6.45, 7) is 1.86. The maximum atomic E-state index is 13.5. The number of halogens is 1. The van der Waals surface area contributed by atoms with Crippen molar-refractivity contribution >= 4 is 45.9 Å². The van der Waals surface area contributed by atoms with Crippen LogP contribution in [0.4, 0.5) is 5.00 Å². The summed E-state index contributed by atoms with van der Waals surface area (Å²) in [6.07, 6.45) is 3.24. The van der Waals surface area contributed by atoms with Crippen LogP contribution >= 0.6 is 22.9 Å². The Hall–Kier alpha value is -5.17. The van der Waals surface area contributed by atoms with Crippen LogP contribution < -0.4 is 10.1 Å². The lowest BCUT2D eigenvalue weighted by atomic mass is 10.0. The van der Waals surface area contributed by atoms with Gasteiger partial charge in [0.05, 0.1) is 25.1 Å². The second-order valence-electron chi connectivity index (χ2n) is 9.15. The number of benzene rings is 3. The second kappa shape index (κ2) is 13.2. The molecule has 5 rings (SSSR count). The number of para-hydroxylation sites is 1. The first-order chi connectivity index (χ1) is 20.9. The molecule has 0 bridgehead atoms. The van der Waals surface area contributed by atoms with Gasteiger partial charge in [0.2, 0.25) is 0 Å². The van der Waals surface area contributed by atoms with E-state index in [-0.39, 0.29) is 22.7 Å². The third-order valence-corrected chi connectivity index (χ3v) is 7.59. The number of amides is 1. The molecule has 0 saturated heterocycles. The van der Waals surface area contributed by atoms with E-state index in [1.807, 2.05) is 60.7 Å². The number of carbonyl (C=O) groups excluding carboxylic acids is 2. The van der Waals surface area contributed by atoms with Crippen LogP contribution in [0.15, 0.2) is 96.0 Å². The monoisotopic (exact) mass is 608 g/mol. The van der Waals surface area contributed by atoms with Crippen LogP contribution in [0.2, 0.25) is 5.02 Å². The van der Waals surface area contributed by atoms with Gasteiger partial charge in [0.25, 0.3) is 5.91 Å². The zero-order valence-electron chi connectivity index (χ0n) is 23.2. The lowest BCUT2D eigenvalue weighted by Gasteiger charge is -2.09. The molecule has 5 aromatic rings. The van der Waals surface area contributed by atoms with Gasteiger partial charge in [0.1, 0.15) is 28.0 Å². The van der Waals surface area contributed by atoms with E-state index in [0.717, 1.165) is 16.8 Å². The number of thiophene rings is 1. The van der Waals surface area contributed by atoms with Crippen LogP contribution in [0.5, 0.6) is 5.75 Å². The fraction of sp³-hybridized carbons (Fsp3) is 0.0909. The average molecular weight is 609 g/mol. The van der Waals surface area contributed by atoms with E-state index in [1.54, 1.807) is 54.6 Å². The van der Waals surface area contributed by atoms with Crippen molar-refractivity contribution in [2.24, 2.45) is 0 Å². The Labute approximate surface area is 257 Å². The Morgan fingerprint density at radius 3 is 2.40 bits per heavy atom. The molecule has 0 aliphatic carbocycles. The molecule has 2 aromatic heterocycles. The molecule has 2 heterocycles. The van der Waals surface area contributed by atoms with Crippen molar-refractivity contribution in [2.75, 3.05) is 19.0 Å². The summed E-state index contributed by atoms with van der Waals surface area (Å²) in [5, 5.41) is 20.1. The highest BCUT2D eigenvalue weighted by molar-refractivity contribution is 7.15. The Kier molecular flexibility index (Phi) is 9.01. The highest BCUT2D eigenvalue weighted by Gasteiger charge is 2.24. The van der Waals surface area contributed by atoms with Crippen molar-refractivity contribution in [3.05, 3.63) is 112 Å². The van der Waals surface area contributed by atoms with Gasteiger partial charge < -0.3 is 14.8 Å². The topological polar surface area (TPSA) is 106 Å². The molecule has 1 N–H and O–H groups in total. The van der Waals surface area contributed by atoms with Crippen LogP contribution in [0.25, 0.3) is 34.1 Å². The third kappa shape index (κ3) is 6.51. The lowest BCUT2D eigenvalue weighted by molar-refractivity contribution is -0.112. The van der Waals surface area contributed by atoms with Gasteiger partial charge in [-0.3, -0.25) is 4.79 Å². The van der Waals surface area contributed by atoms with Crippen molar-refractivity contribution in [3.8, 4) is 39.9 Å². The molecule has 10 heteroatoms. The average Bonchev–Trinajstić information content (AvgIpc) is 3.65. The number of esters is 1. The Morgan fingerprint density at radius 1 is 1.05 bits per heavy atom. The molecule has 214 valence electrons.